The molecule has 1 aliphatic rings. The highest BCUT2D eigenvalue weighted by Crippen LogP contribution is 2.39. The number of carbonyl (C=O) groups excluding carboxylic acids is 1. The van der Waals surface area contributed by atoms with Gasteiger partial charge in [-0.15, -0.1) is 0 Å². The number of nitro groups is 1. The summed E-state index contributed by atoms with van der Waals surface area (Å²) in [4.78, 5) is 30.4. The maximum absolute atomic E-state index is 13.1. The monoisotopic (exact) mass is 463 g/mol. The summed E-state index contributed by atoms with van der Waals surface area (Å²) in [7, 11) is 0. The highest BCUT2D eigenvalue weighted by Gasteiger charge is 2.29. The van der Waals surface area contributed by atoms with Crippen molar-refractivity contribution < 1.29 is 18.8 Å². The van der Waals surface area contributed by atoms with E-state index in [-0.39, 0.29) is 17.2 Å². The van der Waals surface area contributed by atoms with Crippen molar-refractivity contribution in [3.63, 3.8) is 0 Å². The summed E-state index contributed by atoms with van der Waals surface area (Å²) in [6, 6.07) is 13.1. The van der Waals surface area contributed by atoms with Crippen molar-refractivity contribution in [1.82, 2.24) is 4.98 Å². The van der Waals surface area contributed by atoms with Crippen LogP contribution < -0.4 is 9.64 Å². The average Bonchev–Trinajstić information content (AvgIpc) is 2.85. The van der Waals surface area contributed by atoms with Crippen molar-refractivity contribution in [2.75, 3.05) is 18.0 Å². The third kappa shape index (κ3) is 5.22. The van der Waals surface area contributed by atoms with Gasteiger partial charge in [0.25, 0.3) is 0 Å². The first kappa shape index (κ1) is 23.4. The summed E-state index contributed by atoms with van der Waals surface area (Å²) >= 11 is 0. The van der Waals surface area contributed by atoms with E-state index in [0.29, 0.717) is 28.6 Å². The van der Waals surface area contributed by atoms with Gasteiger partial charge in [-0.05, 0) is 67.3 Å². The molecule has 0 N–H and O–H groups in total. The summed E-state index contributed by atoms with van der Waals surface area (Å²) in [6.45, 7) is 3.62. The zero-order chi connectivity index (χ0) is 24.1. The molecule has 8 heteroatoms. The van der Waals surface area contributed by atoms with Crippen molar-refractivity contribution in [3.8, 4) is 11.5 Å². The smallest absolute Gasteiger partial charge is 0.353 e. The summed E-state index contributed by atoms with van der Waals surface area (Å²) in [6.07, 6.45) is 5.80. The molecule has 1 aliphatic heterocycles. The van der Waals surface area contributed by atoms with Crippen LogP contribution in [0.15, 0.2) is 60.8 Å². The van der Waals surface area contributed by atoms with Gasteiger partial charge in [-0.3, -0.25) is 14.9 Å². The molecule has 2 heterocycles. The second-order valence-corrected chi connectivity index (χ2v) is 8.42. The van der Waals surface area contributed by atoms with E-state index >= 15 is 0 Å². The van der Waals surface area contributed by atoms with Gasteiger partial charge in [-0.25, -0.2) is 9.37 Å². The summed E-state index contributed by atoms with van der Waals surface area (Å²) in [5.41, 5.74) is 0.605. The van der Waals surface area contributed by atoms with Crippen LogP contribution in [0.2, 0.25) is 0 Å². The number of pyridine rings is 1. The molecular weight excluding hydrogens is 437 g/mol. The quantitative estimate of drug-likeness (QED) is 0.226. The zero-order valence-electron chi connectivity index (χ0n) is 18.9. The van der Waals surface area contributed by atoms with Gasteiger partial charge >= 0.3 is 5.69 Å². The van der Waals surface area contributed by atoms with Crippen LogP contribution in [0.3, 0.4) is 0 Å². The fourth-order valence-electron chi connectivity index (χ4n) is 4.32. The molecule has 3 aromatic rings. The summed E-state index contributed by atoms with van der Waals surface area (Å²) in [5, 5.41) is 12.0. The van der Waals surface area contributed by atoms with E-state index in [0.717, 1.165) is 32.4 Å². The molecule has 0 amide bonds. The largest absolute Gasteiger partial charge is 0.450 e. The Labute approximate surface area is 197 Å². The Morgan fingerprint density at radius 1 is 1.09 bits per heavy atom. The molecule has 4 rings (SSSR count). The molecule has 2 aromatic carbocycles. The maximum Gasteiger partial charge on any atom is 0.353 e. The number of piperidine rings is 1. The number of aromatic nitrogens is 1. The lowest BCUT2D eigenvalue weighted by Crippen LogP contribution is -2.34. The van der Waals surface area contributed by atoms with Gasteiger partial charge in [0.2, 0.25) is 11.6 Å². The number of carbonyl (C=O) groups is 1. The topological polar surface area (TPSA) is 85.6 Å². The Hall–Kier alpha value is -3.81. The lowest BCUT2D eigenvalue weighted by Gasteiger charge is -2.32. The van der Waals surface area contributed by atoms with E-state index in [1.807, 2.05) is 4.90 Å². The number of hydrogen-bond donors (Lipinski definition) is 0. The molecule has 0 radical (unpaired) electrons. The van der Waals surface area contributed by atoms with Crippen LogP contribution in [0, 0.1) is 21.8 Å². The van der Waals surface area contributed by atoms with E-state index in [4.69, 9.17) is 4.74 Å². The first-order chi connectivity index (χ1) is 16.5. The number of anilines is 1. The molecule has 7 nitrogen and oxygen atoms in total. The summed E-state index contributed by atoms with van der Waals surface area (Å²) < 4.78 is 19.0. The normalized spacial score (nSPS) is 14.1. The molecule has 0 aliphatic carbocycles. The molecule has 0 saturated carbocycles. The van der Waals surface area contributed by atoms with Crippen LogP contribution in [-0.2, 0) is 0 Å². The average molecular weight is 464 g/mol. The SMILES string of the molecule is CCCC1CCN(c2nccc(Oc3ccc(C(=O)c4ccc(F)cc4)cc3)c2[N+](=O)[O-])CC1. The number of benzene rings is 2. The molecule has 34 heavy (non-hydrogen) atoms. The predicted octanol–water partition coefficient (Wildman–Crippen LogP) is 6.17. The molecule has 1 saturated heterocycles. The Morgan fingerprint density at radius 2 is 1.71 bits per heavy atom. The van der Waals surface area contributed by atoms with Gasteiger partial charge in [0.1, 0.15) is 11.6 Å². The first-order valence-corrected chi connectivity index (χ1v) is 11.4. The molecule has 176 valence electrons. The van der Waals surface area contributed by atoms with Crippen LogP contribution in [0.4, 0.5) is 15.9 Å². The molecule has 0 unspecified atom stereocenters. The number of nitrogens with zero attached hydrogens (tertiary/aromatic N) is 3. The van der Waals surface area contributed by atoms with Crippen molar-refractivity contribution in [3.05, 3.63) is 87.9 Å². The molecular formula is C26H26FN3O4. The van der Waals surface area contributed by atoms with E-state index < -0.39 is 10.7 Å². The van der Waals surface area contributed by atoms with Gasteiger partial charge in [0.05, 0.1) is 4.92 Å². The highest BCUT2D eigenvalue weighted by molar-refractivity contribution is 6.09. The fraction of sp³-hybridized carbons (Fsp3) is 0.308. The number of ether oxygens (including phenoxy) is 1. The third-order valence-corrected chi connectivity index (χ3v) is 6.11. The standard InChI is InChI=1S/C26H26FN3O4/c1-2-3-18-13-16-29(17-14-18)26-24(30(32)33)23(12-15-28-26)34-22-10-6-20(7-11-22)25(31)19-4-8-21(27)9-5-19/h4-12,15,18H,2-3,13-14,16-17H2,1H3. The Bertz CT molecular complexity index is 1160. The number of ketones is 1. The van der Waals surface area contributed by atoms with Crippen LogP contribution in [0.5, 0.6) is 11.5 Å². The Morgan fingerprint density at radius 3 is 2.29 bits per heavy atom. The fourth-order valence-corrected chi connectivity index (χ4v) is 4.32. The first-order valence-electron chi connectivity index (χ1n) is 11.4. The predicted molar refractivity (Wildman–Crippen MR) is 127 cm³/mol. The highest BCUT2D eigenvalue weighted by atomic mass is 19.1. The van der Waals surface area contributed by atoms with Crippen molar-refractivity contribution in [2.24, 2.45) is 5.92 Å². The van der Waals surface area contributed by atoms with Crippen molar-refractivity contribution in [1.29, 1.82) is 0 Å². The van der Waals surface area contributed by atoms with Gasteiger partial charge in [-0.2, -0.15) is 0 Å². The number of halogens is 1. The lowest BCUT2D eigenvalue weighted by atomic mass is 9.92. The minimum Gasteiger partial charge on any atom is -0.450 e. The molecule has 1 fully saturated rings. The van der Waals surface area contributed by atoms with Crippen LogP contribution in [0.1, 0.15) is 48.5 Å². The second kappa shape index (κ2) is 10.4. The number of rotatable bonds is 8. The van der Waals surface area contributed by atoms with Crippen molar-refractivity contribution in [2.45, 2.75) is 32.6 Å². The Balaban J connectivity index is 1.52. The Kier molecular flexibility index (Phi) is 7.15. The van der Waals surface area contributed by atoms with E-state index in [9.17, 15) is 19.3 Å². The van der Waals surface area contributed by atoms with E-state index in [1.165, 1.54) is 42.9 Å². The van der Waals surface area contributed by atoms with Gasteiger partial charge in [0.15, 0.2) is 5.78 Å². The van der Waals surface area contributed by atoms with E-state index in [1.54, 1.807) is 24.3 Å². The molecule has 1 aromatic heterocycles. The van der Waals surface area contributed by atoms with Gasteiger partial charge in [-0.1, -0.05) is 19.8 Å². The zero-order valence-corrected chi connectivity index (χ0v) is 18.9. The maximum atomic E-state index is 13.1. The second-order valence-electron chi connectivity index (χ2n) is 8.42. The summed E-state index contributed by atoms with van der Waals surface area (Å²) in [5.74, 6) is 0.761. The molecule has 0 bridgehead atoms. The minimum absolute atomic E-state index is 0.100. The third-order valence-electron chi connectivity index (χ3n) is 6.11. The molecule has 0 spiro atoms. The minimum atomic E-state index is -0.456. The number of hydrogen-bond acceptors (Lipinski definition) is 6. The van der Waals surface area contributed by atoms with Crippen LogP contribution in [-0.4, -0.2) is 28.8 Å². The van der Waals surface area contributed by atoms with Crippen LogP contribution >= 0.6 is 0 Å². The van der Waals surface area contributed by atoms with Gasteiger partial charge in [0, 0.05) is 36.5 Å². The van der Waals surface area contributed by atoms with E-state index in [2.05, 4.69) is 11.9 Å². The van der Waals surface area contributed by atoms with Crippen molar-refractivity contribution >= 4 is 17.3 Å². The van der Waals surface area contributed by atoms with Crippen LogP contribution in [0.25, 0.3) is 0 Å². The molecule has 0 atom stereocenters. The lowest BCUT2D eigenvalue weighted by molar-refractivity contribution is -0.385. The van der Waals surface area contributed by atoms with Gasteiger partial charge < -0.3 is 9.64 Å².